The second-order valence-electron chi connectivity index (χ2n) is 4.22. The fourth-order valence-corrected chi connectivity index (χ4v) is 2.02. The number of nitrogens with zero attached hydrogens (tertiary/aromatic N) is 1. The summed E-state index contributed by atoms with van der Waals surface area (Å²) >= 11 is 0. The highest BCUT2D eigenvalue weighted by Crippen LogP contribution is 2.28. The Hall–Kier alpha value is -2.16. The minimum atomic E-state index is -0.250. The van der Waals surface area contributed by atoms with Gasteiger partial charge in [-0.05, 0) is 48.4 Å². The van der Waals surface area contributed by atoms with Crippen LogP contribution in [0.15, 0.2) is 47.0 Å². The molecule has 0 fully saturated rings. The lowest BCUT2D eigenvalue weighted by Crippen LogP contribution is -1.81. The molecule has 2 aromatic carbocycles. The third-order valence-corrected chi connectivity index (χ3v) is 3.06. The van der Waals surface area contributed by atoms with Gasteiger partial charge in [-0.3, -0.25) is 0 Å². The summed E-state index contributed by atoms with van der Waals surface area (Å²) in [4.78, 5) is 0. The van der Waals surface area contributed by atoms with Crippen LogP contribution in [0, 0.1) is 5.82 Å². The van der Waals surface area contributed by atoms with Crippen molar-refractivity contribution in [2.24, 2.45) is 0 Å². The maximum atomic E-state index is 12.9. The van der Waals surface area contributed by atoms with E-state index in [9.17, 15) is 4.39 Å². The summed E-state index contributed by atoms with van der Waals surface area (Å²) in [5, 5.41) is 5.03. The Morgan fingerprint density at radius 2 is 1.89 bits per heavy atom. The van der Waals surface area contributed by atoms with Crippen LogP contribution in [0.25, 0.3) is 22.2 Å². The molecule has 0 saturated carbocycles. The van der Waals surface area contributed by atoms with Crippen LogP contribution in [0.5, 0.6) is 0 Å². The molecule has 0 spiro atoms. The molecule has 0 saturated heterocycles. The number of fused-ring (bicyclic) bond motifs is 1. The highest BCUT2D eigenvalue weighted by atomic mass is 19.1. The SMILES string of the molecule is CCc1ccc2c(-c3ccc(F)cc3)noc2c1. The first-order chi connectivity index (χ1) is 8.78. The Morgan fingerprint density at radius 1 is 1.11 bits per heavy atom. The van der Waals surface area contributed by atoms with Crippen molar-refractivity contribution in [3.63, 3.8) is 0 Å². The molecule has 0 aliphatic rings. The molecule has 3 heteroatoms. The number of aryl methyl sites for hydroxylation is 1. The van der Waals surface area contributed by atoms with Gasteiger partial charge in [-0.25, -0.2) is 4.39 Å². The molecule has 18 heavy (non-hydrogen) atoms. The van der Waals surface area contributed by atoms with Gasteiger partial charge < -0.3 is 4.52 Å². The van der Waals surface area contributed by atoms with E-state index >= 15 is 0 Å². The van der Waals surface area contributed by atoms with Gasteiger partial charge in [-0.15, -0.1) is 0 Å². The van der Waals surface area contributed by atoms with Crippen molar-refractivity contribution >= 4 is 11.0 Å². The van der Waals surface area contributed by atoms with Crippen LogP contribution in [0.2, 0.25) is 0 Å². The van der Waals surface area contributed by atoms with E-state index in [-0.39, 0.29) is 5.82 Å². The van der Waals surface area contributed by atoms with Crippen molar-refractivity contribution in [1.29, 1.82) is 0 Å². The number of halogens is 1. The number of hydrogen-bond donors (Lipinski definition) is 0. The Balaban J connectivity index is 2.15. The minimum absolute atomic E-state index is 0.250. The zero-order chi connectivity index (χ0) is 12.5. The van der Waals surface area contributed by atoms with Crippen LogP contribution >= 0.6 is 0 Å². The molecule has 0 aliphatic carbocycles. The number of benzene rings is 2. The average molecular weight is 241 g/mol. The van der Waals surface area contributed by atoms with Crippen LogP contribution in [-0.4, -0.2) is 5.16 Å². The fourth-order valence-electron chi connectivity index (χ4n) is 2.02. The quantitative estimate of drug-likeness (QED) is 0.672. The zero-order valence-electron chi connectivity index (χ0n) is 9.98. The Kier molecular flexibility index (Phi) is 2.59. The number of rotatable bonds is 2. The molecular formula is C15H12FNO. The van der Waals surface area contributed by atoms with E-state index in [0.717, 1.165) is 28.6 Å². The van der Waals surface area contributed by atoms with Gasteiger partial charge in [-0.1, -0.05) is 18.1 Å². The highest BCUT2D eigenvalue weighted by Gasteiger charge is 2.10. The molecule has 0 N–H and O–H groups in total. The van der Waals surface area contributed by atoms with Crippen molar-refractivity contribution in [2.45, 2.75) is 13.3 Å². The van der Waals surface area contributed by atoms with Crippen molar-refractivity contribution in [1.82, 2.24) is 5.16 Å². The third-order valence-electron chi connectivity index (χ3n) is 3.06. The Labute approximate surface area is 104 Å². The average Bonchev–Trinajstić information content (AvgIpc) is 2.82. The summed E-state index contributed by atoms with van der Waals surface area (Å²) in [5.74, 6) is -0.250. The van der Waals surface area contributed by atoms with Gasteiger partial charge in [0.2, 0.25) is 0 Å². The summed E-state index contributed by atoms with van der Waals surface area (Å²) in [5.41, 5.74) is 3.60. The van der Waals surface area contributed by atoms with Crippen molar-refractivity contribution in [2.75, 3.05) is 0 Å². The number of aromatic nitrogens is 1. The molecule has 3 rings (SSSR count). The summed E-state index contributed by atoms with van der Waals surface area (Å²) in [6, 6.07) is 12.3. The lowest BCUT2D eigenvalue weighted by atomic mass is 10.1. The molecular weight excluding hydrogens is 229 g/mol. The first-order valence-electron chi connectivity index (χ1n) is 5.92. The van der Waals surface area contributed by atoms with Gasteiger partial charge in [0.05, 0.1) is 0 Å². The van der Waals surface area contributed by atoms with E-state index in [2.05, 4.69) is 18.1 Å². The van der Waals surface area contributed by atoms with Crippen LogP contribution < -0.4 is 0 Å². The monoisotopic (exact) mass is 241 g/mol. The van der Waals surface area contributed by atoms with E-state index in [1.165, 1.54) is 17.7 Å². The zero-order valence-corrected chi connectivity index (χ0v) is 9.98. The van der Waals surface area contributed by atoms with E-state index in [0.29, 0.717) is 0 Å². The second kappa shape index (κ2) is 4.26. The molecule has 90 valence electrons. The van der Waals surface area contributed by atoms with Crippen molar-refractivity contribution < 1.29 is 8.91 Å². The normalized spacial score (nSPS) is 11.0. The lowest BCUT2D eigenvalue weighted by molar-refractivity contribution is 0.459. The first kappa shape index (κ1) is 11.0. The van der Waals surface area contributed by atoms with E-state index < -0.39 is 0 Å². The molecule has 0 amide bonds. The molecule has 2 nitrogen and oxygen atoms in total. The van der Waals surface area contributed by atoms with Crippen molar-refractivity contribution in [3.8, 4) is 11.3 Å². The van der Waals surface area contributed by atoms with E-state index in [1.807, 2.05) is 12.1 Å². The third kappa shape index (κ3) is 1.78. The molecule has 0 atom stereocenters. The van der Waals surface area contributed by atoms with Crippen LogP contribution in [-0.2, 0) is 6.42 Å². The van der Waals surface area contributed by atoms with Gasteiger partial charge >= 0.3 is 0 Å². The Morgan fingerprint density at radius 3 is 2.61 bits per heavy atom. The molecule has 1 aromatic heterocycles. The van der Waals surface area contributed by atoms with Crippen LogP contribution in [0.4, 0.5) is 4.39 Å². The summed E-state index contributed by atoms with van der Waals surface area (Å²) in [6.45, 7) is 2.10. The maximum absolute atomic E-state index is 12.9. The Bertz CT molecular complexity index is 685. The van der Waals surface area contributed by atoms with Gasteiger partial charge in [-0.2, -0.15) is 0 Å². The van der Waals surface area contributed by atoms with Gasteiger partial charge in [0.25, 0.3) is 0 Å². The first-order valence-corrected chi connectivity index (χ1v) is 5.92. The minimum Gasteiger partial charge on any atom is -0.356 e. The molecule has 0 radical (unpaired) electrons. The molecule has 1 heterocycles. The summed E-state index contributed by atoms with van der Waals surface area (Å²) < 4.78 is 18.2. The smallest absolute Gasteiger partial charge is 0.167 e. The predicted molar refractivity (Wildman–Crippen MR) is 68.8 cm³/mol. The van der Waals surface area contributed by atoms with Crippen molar-refractivity contribution in [3.05, 3.63) is 53.8 Å². The second-order valence-corrected chi connectivity index (χ2v) is 4.22. The van der Waals surface area contributed by atoms with Gasteiger partial charge in [0.15, 0.2) is 5.58 Å². The summed E-state index contributed by atoms with van der Waals surface area (Å²) in [6.07, 6.45) is 0.961. The standard InChI is InChI=1S/C15H12FNO/c1-2-10-3-8-13-14(9-10)18-17-15(13)11-4-6-12(16)7-5-11/h3-9H,2H2,1H3. The largest absolute Gasteiger partial charge is 0.356 e. The van der Waals surface area contributed by atoms with E-state index in [4.69, 9.17) is 4.52 Å². The molecule has 0 aliphatic heterocycles. The summed E-state index contributed by atoms with van der Waals surface area (Å²) in [7, 11) is 0. The fraction of sp³-hybridized carbons (Fsp3) is 0.133. The maximum Gasteiger partial charge on any atom is 0.167 e. The van der Waals surface area contributed by atoms with Gasteiger partial charge in [0, 0.05) is 10.9 Å². The molecule has 3 aromatic rings. The highest BCUT2D eigenvalue weighted by molar-refractivity contribution is 5.91. The van der Waals surface area contributed by atoms with E-state index in [1.54, 1.807) is 12.1 Å². The van der Waals surface area contributed by atoms with Gasteiger partial charge in [0.1, 0.15) is 11.5 Å². The predicted octanol–water partition coefficient (Wildman–Crippen LogP) is 4.20. The van der Waals surface area contributed by atoms with Crippen LogP contribution in [0.1, 0.15) is 12.5 Å². The molecule has 0 unspecified atom stereocenters. The molecule has 0 bridgehead atoms. The van der Waals surface area contributed by atoms with Crippen LogP contribution in [0.3, 0.4) is 0 Å². The lowest BCUT2D eigenvalue weighted by Gasteiger charge is -1.97. The topological polar surface area (TPSA) is 26.0 Å². The number of hydrogen-bond acceptors (Lipinski definition) is 2.